The van der Waals surface area contributed by atoms with Crippen LogP contribution in [0, 0.1) is 20.8 Å². The summed E-state index contributed by atoms with van der Waals surface area (Å²) in [5.41, 5.74) is 7.21. The number of aromatic hydroxyl groups is 1. The van der Waals surface area contributed by atoms with E-state index in [4.69, 9.17) is 11.6 Å². The average Bonchev–Trinajstić information content (AvgIpc) is 2.92. The molecular weight excluding hydrogens is 364 g/mol. The molecule has 0 bridgehead atoms. The zero-order valence-electron chi connectivity index (χ0n) is 15.2. The maximum absolute atomic E-state index is 12.1. The summed E-state index contributed by atoms with van der Waals surface area (Å²) in [5, 5.41) is 18.2. The zero-order valence-corrected chi connectivity index (χ0v) is 15.9. The Hall–Kier alpha value is -3.12. The molecule has 2 N–H and O–H groups in total. The van der Waals surface area contributed by atoms with E-state index >= 15 is 0 Å². The van der Waals surface area contributed by atoms with Crippen LogP contribution in [-0.4, -0.2) is 27.0 Å². The molecule has 27 heavy (non-hydrogen) atoms. The van der Waals surface area contributed by atoms with Gasteiger partial charge in [-0.3, -0.25) is 4.79 Å². The number of nitrogens with zero attached hydrogens (tertiary/aromatic N) is 3. The van der Waals surface area contributed by atoms with Gasteiger partial charge in [-0.25, -0.2) is 10.1 Å². The first-order valence-corrected chi connectivity index (χ1v) is 8.70. The largest absolute Gasteiger partial charge is 0.508 e. The summed E-state index contributed by atoms with van der Waals surface area (Å²) in [6.45, 7) is 5.83. The molecule has 0 radical (unpaired) electrons. The summed E-state index contributed by atoms with van der Waals surface area (Å²) in [6.07, 6.45) is 1.48. The topological polar surface area (TPSA) is 79.5 Å². The quantitative estimate of drug-likeness (QED) is 0.530. The lowest BCUT2D eigenvalue weighted by Crippen LogP contribution is -2.17. The van der Waals surface area contributed by atoms with Gasteiger partial charge in [0.15, 0.2) is 0 Å². The van der Waals surface area contributed by atoms with Crippen molar-refractivity contribution in [2.75, 3.05) is 0 Å². The standard InChI is InChI=1S/C20H19ClN4O2/c1-12-4-5-13(2)18(10-12)25-19(21)17(14(3)24-25)11-22-23-20(27)15-6-8-16(26)9-7-15/h4-11,26H,1-3H3,(H,23,27)/b22-11-. The molecule has 0 unspecified atom stereocenters. The zero-order chi connectivity index (χ0) is 19.6. The monoisotopic (exact) mass is 382 g/mol. The van der Waals surface area contributed by atoms with Crippen LogP contribution in [-0.2, 0) is 0 Å². The number of nitrogens with one attached hydrogen (secondary N) is 1. The predicted octanol–water partition coefficient (Wildman–Crippen LogP) is 3.92. The van der Waals surface area contributed by atoms with Gasteiger partial charge in [-0.1, -0.05) is 23.7 Å². The molecule has 0 saturated heterocycles. The lowest BCUT2D eigenvalue weighted by atomic mass is 10.1. The number of carbonyl (C=O) groups excluding carboxylic acids is 1. The molecule has 0 fully saturated rings. The van der Waals surface area contributed by atoms with Crippen molar-refractivity contribution < 1.29 is 9.90 Å². The smallest absolute Gasteiger partial charge is 0.271 e. The Labute approximate surface area is 162 Å². The number of halogens is 1. The number of aryl methyl sites for hydroxylation is 3. The van der Waals surface area contributed by atoms with E-state index in [1.165, 1.54) is 30.5 Å². The SMILES string of the molecule is Cc1ccc(C)c(-n2nc(C)c(/C=N\NC(=O)c3ccc(O)cc3)c2Cl)c1. The number of hydrogen-bond acceptors (Lipinski definition) is 4. The number of hydrazone groups is 1. The lowest BCUT2D eigenvalue weighted by Gasteiger charge is -2.08. The number of phenolic OH excluding ortho intramolecular Hbond substituents is 1. The minimum Gasteiger partial charge on any atom is -0.508 e. The van der Waals surface area contributed by atoms with Crippen LogP contribution < -0.4 is 5.43 Å². The fourth-order valence-electron chi connectivity index (χ4n) is 2.60. The van der Waals surface area contributed by atoms with Crippen molar-refractivity contribution in [1.82, 2.24) is 15.2 Å². The predicted molar refractivity (Wildman–Crippen MR) is 106 cm³/mol. The van der Waals surface area contributed by atoms with Gasteiger partial charge in [0.25, 0.3) is 5.91 Å². The normalized spacial score (nSPS) is 11.1. The minimum absolute atomic E-state index is 0.0938. The minimum atomic E-state index is -0.387. The summed E-state index contributed by atoms with van der Waals surface area (Å²) in [7, 11) is 0. The van der Waals surface area contributed by atoms with Crippen LogP contribution in [0.15, 0.2) is 47.6 Å². The molecule has 3 aromatic rings. The average molecular weight is 383 g/mol. The summed E-state index contributed by atoms with van der Waals surface area (Å²) >= 11 is 6.51. The van der Waals surface area contributed by atoms with Gasteiger partial charge in [0.2, 0.25) is 0 Å². The van der Waals surface area contributed by atoms with Crippen LogP contribution in [0.4, 0.5) is 0 Å². The highest BCUT2D eigenvalue weighted by atomic mass is 35.5. The first-order valence-electron chi connectivity index (χ1n) is 8.32. The summed E-state index contributed by atoms with van der Waals surface area (Å²) in [6, 6.07) is 12.0. The Morgan fingerprint density at radius 1 is 1.19 bits per heavy atom. The highest BCUT2D eigenvalue weighted by Gasteiger charge is 2.15. The van der Waals surface area contributed by atoms with Crippen molar-refractivity contribution in [2.24, 2.45) is 5.10 Å². The van der Waals surface area contributed by atoms with Crippen molar-refractivity contribution >= 4 is 23.7 Å². The van der Waals surface area contributed by atoms with Gasteiger partial charge in [0, 0.05) is 5.56 Å². The van der Waals surface area contributed by atoms with Crippen LogP contribution in [0.25, 0.3) is 5.69 Å². The molecule has 1 heterocycles. The molecule has 0 saturated carbocycles. The molecule has 3 rings (SSSR count). The van der Waals surface area contributed by atoms with Gasteiger partial charge < -0.3 is 5.11 Å². The Bertz CT molecular complexity index is 1020. The van der Waals surface area contributed by atoms with Crippen molar-refractivity contribution in [2.45, 2.75) is 20.8 Å². The highest BCUT2D eigenvalue weighted by molar-refractivity contribution is 6.32. The summed E-state index contributed by atoms with van der Waals surface area (Å²) < 4.78 is 1.67. The van der Waals surface area contributed by atoms with Crippen LogP contribution in [0.5, 0.6) is 5.75 Å². The van der Waals surface area contributed by atoms with Gasteiger partial charge >= 0.3 is 0 Å². The maximum Gasteiger partial charge on any atom is 0.271 e. The molecule has 0 aliphatic heterocycles. The summed E-state index contributed by atoms with van der Waals surface area (Å²) in [5.74, 6) is -0.293. The molecule has 2 aromatic carbocycles. The van der Waals surface area contributed by atoms with Crippen molar-refractivity contribution in [1.29, 1.82) is 0 Å². The van der Waals surface area contributed by atoms with E-state index in [2.05, 4.69) is 15.6 Å². The molecule has 138 valence electrons. The van der Waals surface area contributed by atoms with Gasteiger partial charge in [-0.05, 0) is 62.2 Å². The van der Waals surface area contributed by atoms with E-state index in [0.29, 0.717) is 22.0 Å². The first-order chi connectivity index (χ1) is 12.9. The number of amides is 1. The second-order valence-corrected chi connectivity index (χ2v) is 6.60. The van der Waals surface area contributed by atoms with E-state index in [-0.39, 0.29) is 11.7 Å². The van der Waals surface area contributed by atoms with Gasteiger partial charge in [0.1, 0.15) is 10.9 Å². The van der Waals surface area contributed by atoms with Crippen LogP contribution >= 0.6 is 11.6 Å². The number of aromatic nitrogens is 2. The van der Waals surface area contributed by atoms with E-state index in [0.717, 1.165) is 16.8 Å². The molecule has 7 heteroatoms. The summed E-state index contributed by atoms with van der Waals surface area (Å²) in [4.78, 5) is 12.1. The number of phenols is 1. The van der Waals surface area contributed by atoms with Crippen molar-refractivity contribution in [3.8, 4) is 11.4 Å². The fourth-order valence-corrected chi connectivity index (χ4v) is 2.91. The number of carbonyl (C=O) groups is 1. The molecule has 0 aliphatic rings. The van der Waals surface area contributed by atoms with Crippen LogP contribution in [0.3, 0.4) is 0 Å². The van der Waals surface area contributed by atoms with E-state index < -0.39 is 0 Å². The van der Waals surface area contributed by atoms with Gasteiger partial charge in [-0.2, -0.15) is 10.2 Å². The Morgan fingerprint density at radius 3 is 2.59 bits per heavy atom. The van der Waals surface area contributed by atoms with E-state index in [1.54, 1.807) is 4.68 Å². The van der Waals surface area contributed by atoms with E-state index in [9.17, 15) is 9.90 Å². The van der Waals surface area contributed by atoms with Crippen LogP contribution in [0.1, 0.15) is 32.7 Å². The Balaban J connectivity index is 1.82. The number of benzene rings is 2. The van der Waals surface area contributed by atoms with Crippen LogP contribution in [0.2, 0.25) is 5.15 Å². The molecule has 1 amide bonds. The number of rotatable bonds is 4. The first kappa shape index (κ1) is 18.7. The molecule has 0 atom stereocenters. The molecular formula is C20H19ClN4O2. The lowest BCUT2D eigenvalue weighted by molar-refractivity contribution is 0.0955. The van der Waals surface area contributed by atoms with Gasteiger partial charge in [0.05, 0.1) is 23.2 Å². The third-order valence-electron chi connectivity index (χ3n) is 4.13. The third kappa shape index (κ3) is 4.01. The Kier molecular flexibility index (Phi) is 5.28. The van der Waals surface area contributed by atoms with Crippen molar-refractivity contribution in [3.05, 3.63) is 75.6 Å². The molecule has 0 spiro atoms. The van der Waals surface area contributed by atoms with Crippen molar-refractivity contribution in [3.63, 3.8) is 0 Å². The maximum atomic E-state index is 12.1. The van der Waals surface area contributed by atoms with Gasteiger partial charge in [-0.15, -0.1) is 0 Å². The second-order valence-electron chi connectivity index (χ2n) is 6.24. The second kappa shape index (κ2) is 7.63. The third-order valence-corrected chi connectivity index (χ3v) is 4.49. The highest BCUT2D eigenvalue weighted by Crippen LogP contribution is 2.24. The Morgan fingerprint density at radius 2 is 1.89 bits per heavy atom. The van der Waals surface area contributed by atoms with E-state index in [1.807, 2.05) is 39.0 Å². The fraction of sp³-hybridized carbons (Fsp3) is 0.150. The number of hydrogen-bond donors (Lipinski definition) is 2. The molecule has 1 aromatic heterocycles. The molecule has 0 aliphatic carbocycles. The molecule has 6 nitrogen and oxygen atoms in total.